The van der Waals surface area contributed by atoms with Gasteiger partial charge in [-0.2, -0.15) is 0 Å². The first-order valence-corrected chi connectivity index (χ1v) is 11.1. The zero-order valence-corrected chi connectivity index (χ0v) is 19.1. The van der Waals surface area contributed by atoms with Crippen LogP contribution in [-0.4, -0.2) is 30.4 Å². The molecule has 0 N–H and O–H groups in total. The van der Waals surface area contributed by atoms with E-state index in [0.717, 1.165) is 59.1 Å². The summed E-state index contributed by atoms with van der Waals surface area (Å²) in [6.07, 6.45) is 2.61. The zero-order valence-electron chi connectivity index (χ0n) is 18.4. The lowest BCUT2D eigenvalue weighted by atomic mass is 10.1. The fraction of sp³-hybridized carbons (Fsp3) is 0.269. The average Bonchev–Trinajstić information content (AvgIpc) is 3.16. The predicted octanol–water partition coefficient (Wildman–Crippen LogP) is 6.16. The van der Waals surface area contributed by atoms with Gasteiger partial charge in [0.2, 0.25) is 0 Å². The third-order valence-electron chi connectivity index (χ3n) is 5.41. The molecule has 166 valence electrons. The molecule has 4 aromatic rings. The SMILES string of the molecule is COc1ccc(Cc2nc3ccccc3n2CCCCOc2ccccc2Cl)cc1OC. The lowest BCUT2D eigenvalue weighted by molar-refractivity contribution is 0.303. The Bertz CT molecular complexity index is 1190. The van der Waals surface area contributed by atoms with E-state index in [1.165, 1.54) is 0 Å². The normalized spacial score (nSPS) is 11.0. The molecule has 0 unspecified atom stereocenters. The number of aryl methyl sites for hydroxylation is 1. The van der Waals surface area contributed by atoms with Crippen LogP contribution in [0, 0.1) is 0 Å². The Morgan fingerprint density at radius 1 is 0.844 bits per heavy atom. The number of aromatic nitrogens is 2. The van der Waals surface area contributed by atoms with Gasteiger partial charge in [-0.05, 0) is 54.8 Å². The van der Waals surface area contributed by atoms with Crippen molar-refractivity contribution in [3.8, 4) is 17.2 Å². The third kappa shape index (κ3) is 5.00. The molecule has 0 spiro atoms. The molecule has 0 bridgehead atoms. The van der Waals surface area contributed by atoms with E-state index in [1.807, 2.05) is 42.5 Å². The monoisotopic (exact) mass is 450 g/mol. The van der Waals surface area contributed by atoms with E-state index >= 15 is 0 Å². The van der Waals surface area contributed by atoms with Crippen LogP contribution in [0.3, 0.4) is 0 Å². The van der Waals surface area contributed by atoms with Gasteiger partial charge in [0.1, 0.15) is 11.6 Å². The highest BCUT2D eigenvalue weighted by atomic mass is 35.5. The minimum absolute atomic E-state index is 0.626. The molecule has 0 aliphatic rings. The van der Waals surface area contributed by atoms with Gasteiger partial charge in [0.25, 0.3) is 0 Å². The molecule has 0 aliphatic carbocycles. The standard InChI is InChI=1S/C26H27ClN2O3/c1-30-24-14-13-19(17-25(24)31-2)18-26-28-21-10-4-5-11-22(21)29(26)15-7-8-16-32-23-12-6-3-9-20(23)27/h3-6,9-14,17H,7-8,15-16,18H2,1-2H3. The molecule has 0 atom stereocenters. The lowest BCUT2D eigenvalue weighted by Gasteiger charge is -2.12. The van der Waals surface area contributed by atoms with Gasteiger partial charge < -0.3 is 18.8 Å². The number of rotatable bonds is 10. The lowest BCUT2D eigenvalue weighted by Crippen LogP contribution is -2.07. The predicted molar refractivity (Wildman–Crippen MR) is 128 cm³/mol. The van der Waals surface area contributed by atoms with Crippen molar-refractivity contribution in [1.82, 2.24) is 9.55 Å². The van der Waals surface area contributed by atoms with Crippen LogP contribution < -0.4 is 14.2 Å². The van der Waals surface area contributed by atoms with Gasteiger partial charge in [-0.15, -0.1) is 0 Å². The largest absolute Gasteiger partial charge is 0.493 e. The topological polar surface area (TPSA) is 45.5 Å². The number of methoxy groups -OCH3 is 2. The molecule has 0 amide bonds. The molecule has 0 aliphatic heterocycles. The Labute approximate surface area is 193 Å². The van der Waals surface area contributed by atoms with E-state index < -0.39 is 0 Å². The Morgan fingerprint density at radius 3 is 2.44 bits per heavy atom. The van der Waals surface area contributed by atoms with Crippen LogP contribution in [0.25, 0.3) is 11.0 Å². The number of nitrogens with zero attached hydrogens (tertiary/aromatic N) is 2. The molecule has 6 heteroatoms. The summed E-state index contributed by atoms with van der Waals surface area (Å²) in [5.74, 6) is 3.22. The highest BCUT2D eigenvalue weighted by Crippen LogP contribution is 2.29. The molecule has 1 aromatic heterocycles. The number of para-hydroxylation sites is 3. The van der Waals surface area contributed by atoms with Crippen LogP contribution in [0.2, 0.25) is 5.02 Å². The Balaban J connectivity index is 1.46. The van der Waals surface area contributed by atoms with Crippen LogP contribution >= 0.6 is 11.6 Å². The molecule has 0 radical (unpaired) electrons. The minimum Gasteiger partial charge on any atom is -0.493 e. The molecular formula is C26H27ClN2O3. The fourth-order valence-electron chi connectivity index (χ4n) is 3.80. The van der Waals surface area contributed by atoms with Crippen molar-refractivity contribution in [1.29, 1.82) is 0 Å². The number of unbranched alkanes of at least 4 members (excludes halogenated alkanes) is 1. The summed E-state index contributed by atoms with van der Waals surface area (Å²) in [4.78, 5) is 4.91. The van der Waals surface area contributed by atoms with Gasteiger partial charge in [0.05, 0.1) is 36.9 Å². The summed E-state index contributed by atoms with van der Waals surface area (Å²) in [5.41, 5.74) is 3.28. The van der Waals surface area contributed by atoms with Crippen LogP contribution in [-0.2, 0) is 13.0 Å². The van der Waals surface area contributed by atoms with Crippen molar-refractivity contribution in [2.45, 2.75) is 25.8 Å². The van der Waals surface area contributed by atoms with Gasteiger partial charge in [0.15, 0.2) is 11.5 Å². The molecule has 0 saturated carbocycles. The molecule has 32 heavy (non-hydrogen) atoms. The van der Waals surface area contributed by atoms with Gasteiger partial charge in [-0.3, -0.25) is 0 Å². The molecule has 0 saturated heterocycles. The van der Waals surface area contributed by atoms with Crippen LogP contribution in [0.5, 0.6) is 17.2 Å². The summed E-state index contributed by atoms with van der Waals surface area (Å²) < 4.78 is 19.0. The first-order valence-electron chi connectivity index (χ1n) is 10.7. The van der Waals surface area contributed by atoms with Crippen molar-refractivity contribution < 1.29 is 14.2 Å². The molecule has 3 aromatic carbocycles. The molecule has 1 heterocycles. The Kier molecular flexibility index (Phi) is 7.17. The number of benzene rings is 3. The van der Waals surface area contributed by atoms with Crippen molar-refractivity contribution in [3.05, 3.63) is 83.1 Å². The van der Waals surface area contributed by atoms with E-state index in [2.05, 4.69) is 28.8 Å². The summed E-state index contributed by atoms with van der Waals surface area (Å²) in [6.45, 7) is 1.50. The van der Waals surface area contributed by atoms with Crippen molar-refractivity contribution in [2.75, 3.05) is 20.8 Å². The van der Waals surface area contributed by atoms with Crippen LogP contribution in [0.15, 0.2) is 66.7 Å². The first-order chi connectivity index (χ1) is 15.7. The number of ether oxygens (including phenoxy) is 3. The maximum atomic E-state index is 6.17. The number of hydrogen-bond donors (Lipinski definition) is 0. The fourth-order valence-corrected chi connectivity index (χ4v) is 3.99. The maximum absolute atomic E-state index is 6.17. The number of imidazole rings is 1. The van der Waals surface area contributed by atoms with E-state index in [1.54, 1.807) is 14.2 Å². The maximum Gasteiger partial charge on any atom is 0.161 e. The van der Waals surface area contributed by atoms with Crippen molar-refractivity contribution in [2.24, 2.45) is 0 Å². The zero-order chi connectivity index (χ0) is 22.3. The van der Waals surface area contributed by atoms with E-state index in [-0.39, 0.29) is 0 Å². The number of halogens is 1. The molecule has 0 fully saturated rings. The quantitative estimate of drug-likeness (QED) is 0.271. The number of fused-ring (bicyclic) bond motifs is 1. The Morgan fingerprint density at radius 2 is 1.62 bits per heavy atom. The number of hydrogen-bond acceptors (Lipinski definition) is 4. The second-order valence-corrected chi connectivity index (χ2v) is 7.93. The second-order valence-electron chi connectivity index (χ2n) is 7.52. The third-order valence-corrected chi connectivity index (χ3v) is 5.73. The van der Waals surface area contributed by atoms with Gasteiger partial charge in [-0.25, -0.2) is 4.98 Å². The van der Waals surface area contributed by atoms with Crippen molar-refractivity contribution >= 4 is 22.6 Å². The molecular weight excluding hydrogens is 424 g/mol. The first kappa shape index (κ1) is 22.0. The average molecular weight is 451 g/mol. The van der Waals surface area contributed by atoms with Gasteiger partial charge >= 0.3 is 0 Å². The minimum atomic E-state index is 0.626. The van der Waals surface area contributed by atoms with Crippen molar-refractivity contribution in [3.63, 3.8) is 0 Å². The van der Waals surface area contributed by atoms with Crippen LogP contribution in [0.4, 0.5) is 0 Å². The van der Waals surface area contributed by atoms with E-state index in [9.17, 15) is 0 Å². The van der Waals surface area contributed by atoms with Crippen LogP contribution in [0.1, 0.15) is 24.2 Å². The van der Waals surface area contributed by atoms with E-state index in [0.29, 0.717) is 18.1 Å². The van der Waals surface area contributed by atoms with Gasteiger partial charge in [0, 0.05) is 13.0 Å². The molecule has 5 nitrogen and oxygen atoms in total. The summed E-state index contributed by atoms with van der Waals surface area (Å²) in [7, 11) is 3.30. The van der Waals surface area contributed by atoms with Gasteiger partial charge in [-0.1, -0.05) is 41.9 Å². The highest BCUT2D eigenvalue weighted by molar-refractivity contribution is 6.32. The summed E-state index contributed by atoms with van der Waals surface area (Å²) >= 11 is 6.17. The molecule has 4 rings (SSSR count). The van der Waals surface area contributed by atoms with E-state index in [4.69, 9.17) is 30.8 Å². The smallest absolute Gasteiger partial charge is 0.161 e. The summed E-state index contributed by atoms with van der Waals surface area (Å²) in [5, 5.41) is 0.644. The Hall–Kier alpha value is -3.18. The second kappa shape index (κ2) is 10.4. The summed E-state index contributed by atoms with van der Waals surface area (Å²) in [6, 6.07) is 21.8. The highest BCUT2D eigenvalue weighted by Gasteiger charge is 2.13.